The molecule has 1 aromatic carbocycles. The molecule has 0 aliphatic carbocycles. The zero-order valence-electron chi connectivity index (χ0n) is 8.00. The van der Waals surface area contributed by atoms with E-state index >= 15 is 0 Å². The minimum absolute atomic E-state index is 0.470. The van der Waals surface area contributed by atoms with Gasteiger partial charge in [-0.2, -0.15) is 0 Å². The van der Waals surface area contributed by atoms with E-state index in [0.717, 1.165) is 42.3 Å². The number of halogens is 1. The molecule has 0 amide bonds. The smallest absolute Gasteiger partial charge is 0.0471 e. The minimum atomic E-state index is 0.470. The van der Waals surface area contributed by atoms with Crippen molar-refractivity contribution in [1.82, 2.24) is 0 Å². The van der Waals surface area contributed by atoms with Crippen LogP contribution in [0.4, 0.5) is 5.69 Å². The Morgan fingerprint density at radius 1 is 1.29 bits per heavy atom. The van der Waals surface area contributed by atoms with Gasteiger partial charge in [0.15, 0.2) is 0 Å². The fourth-order valence-electron chi connectivity index (χ4n) is 1.97. The fourth-order valence-corrected chi connectivity index (χ4v) is 2.31. The van der Waals surface area contributed by atoms with Crippen LogP contribution in [0, 0.1) is 0 Å². The molecule has 1 aliphatic rings. The van der Waals surface area contributed by atoms with Crippen LogP contribution in [0.2, 0.25) is 5.02 Å². The summed E-state index contributed by atoms with van der Waals surface area (Å²) in [7, 11) is 0. The summed E-state index contributed by atoms with van der Waals surface area (Å²) >= 11 is 6.14. The van der Waals surface area contributed by atoms with Gasteiger partial charge in [-0.25, -0.2) is 0 Å². The SMILES string of the molecule is Nc1cccc(Cl)c1C1CCOCC1. The number of rotatable bonds is 1. The molecule has 1 aliphatic heterocycles. The maximum Gasteiger partial charge on any atom is 0.0471 e. The summed E-state index contributed by atoms with van der Waals surface area (Å²) in [5.74, 6) is 0.470. The summed E-state index contributed by atoms with van der Waals surface area (Å²) in [5, 5.41) is 0.789. The topological polar surface area (TPSA) is 35.2 Å². The third-order valence-electron chi connectivity index (χ3n) is 2.72. The highest BCUT2D eigenvalue weighted by Gasteiger charge is 2.20. The molecule has 2 N–H and O–H groups in total. The molecule has 0 bridgehead atoms. The summed E-state index contributed by atoms with van der Waals surface area (Å²) in [6.07, 6.45) is 2.04. The van der Waals surface area contributed by atoms with Crippen molar-refractivity contribution in [2.45, 2.75) is 18.8 Å². The normalized spacial score (nSPS) is 18.4. The standard InChI is InChI=1S/C11H14ClNO/c12-9-2-1-3-10(13)11(9)8-4-6-14-7-5-8/h1-3,8H,4-7,13H2. The van der Waals surface area contributed by atoms with Gasteiger partial charge in [-0.05, 0) is 36.5 Å². The molecule has 1 aromatic rings. The van der Waals surface area contributed by atoms with Gasteiger partial charge in [-0.15, -0.1) is 0 Å². The molecule has 76 valence electrons. The van der Waals surface area contributed by atoms with Gasteiger partial charge in [0.05, 0.1) is 0 Å². The van der Waals surface area contributed by atoms with Gasteiger partial charge in [0, 0.05) is 23.9 Å². The van der Waals surface area contributed by atoms with Crippen molar-refractivity contribution in [1.29, 1.82) is 0 Å². The van der Waals surface area contributed by atoms with E-state index in [0.29, 0.717) is 5.92 Å². The van der Waals surface area contributed by atoms with Gasteiger partial charge in [0.1, 0.15) is 0 Å². The zero-order valence-corrected chi connectivity index (χ0v) is 8.76. The molecule has 0 atom stereocenters. The molecule has 0 unspecified atom stereocenters. The lowest BCUT2D eigenvalue weighted by atomic mass is 9.90. The van der Waals surface area contributed by atoms with Crippen molar-refractivity contribution in [2.24, 2.45) is 0 Å². The van der Waals surface area contributed by atoms with E-state index < -0.39 is 0 Å². The number of nitrogens with two attached hydrogens (primary N) is 1. The Kier molecular flexibility index (Phi) is 2.94. The zero-order chi connectivity index (χ0) is 9.97. The third kappa shape index (κ3) is 1.86. The van der Waals surface area contributed by atoms with Gasteiger partial charge >= 0.3 is 0 Å². The Morgan fingerprint density at radius 2 is 2.00 bits per heavy atom. The number of ether oxygens (including phenoxy) is 1. The Morgan fingerprint density at radius 3 is 2.64 bits per heavy atom. The quantitative estimate of drug-likeness (QED) is 0.725. The summed E-state index contributed by atoms with van der Waals surface area (Å²) in [6, 6.07) is 5.71. The van der Waals surface area contributed by atoms with Crippen LogP contribution in [0.5, 0.6) is 0 Å². The third-order valence-corrected chi connectivity index (χ3v) is 3.05. The maximum atomic E-state index is 6.14. The highest BCUT2D eigenvalue weighted by molar-refractivity contribution is 6.31. The second-order valence-corrected chi connectivity index (χ2v) is 4.04. The van der Waals surface area contributed by atoms with Gasteiger partial charge < -0.3 is 10.5 Å². The van der Waals surface area contributed by atoms with E-state index in [1.54, 1.807) is 0 Å². The van der Waals surface area contributed by atoms with Crippen LogP contribution in [0.3, 0.4) is 0 Å². The van der Waals surface area contributed by atoms with E-state index in [2.05, 4.69) is 0 Å². The summed E-state index contributed by atoms with van der Waals surface area (Å²) in [5.41, 5.74) is 7.85. The summed E-state index contributed by atoms with van der Waals surface area (Å²) in [6.45, 7) is 1.63. The fraction of sp³-hybridized carbons (Fsp3) is 0.455. The summed E-state index contributed by atoms with van der Waals surface area (Å²) < 4.78 is 5.32. The first kappa shape index (κ1) is 9.81. The first-order valence-corrected chi connectivity index (χ1v) is 5.28. The lowest BCUT2D eigenvalue weighted by Gasteiger charge is -2.24. The average Bonchev–Trinajstić information content (AvgIpc) is 2.19. The van der Waals surface area contributed by atoms with Gasteiger partial charge in [0.2, 0.25) is 0 Å². The predicted octanol–water partition coefficient (Wildman–Crippen LogP) is 2.82. The molecule has 0 aromatic heterocycles. The van der Waals surface area contributed by atoms with Crippen molar-refractivity contribution >= 4 is 17.3 Å². The number of hydrogen-bond donors (Lipinski definition) is 1. The highest BCUT2D eigenvalue weighted by atomic mass is 35.5. The van der Waals surface area contributed by atoms with Crippen LogP contribution in [0.1, 0.15) is 24.3 Å². The average molecular weight is 212 g/mol. The molecule has 1 heterocycles. The van der Waals surface area contributed by atoms with Gasteiger partial charge in [0.25, 0.3) is 0 Å². The van der Waals surface area contributed by atoms with E-state index in [-0.39, 0.29) is 0 Å². The first-order valence-electron chi connectivity index (χ1n) is 4.90. The molecule has 1 fully saturated rings. The van der Waals surface area contributed by atoms with E-state index in [9.17, 15) is 0 Å². The Labute approximate surface area is 89.0 Å². The molecule has 0 radical (unpaired) electrons. The van der Waals surface area contributed by atoms with Crippen molar-refractivity contribution < 1.29 is 4.74 Å². The Bertz CT molecular complexity index is 301. The molecule has 0 spiro atoms. The van der Waals surface area contributed by atoms with Crippen molar-refractivity contribution in [2.75, 3.05) is 18.9 Å². The second-order valence-electron chi connectivity index (χ2n) is 3.63. The first-order chi connectivity index (χ1) is 6.79. The van der Waals surface area contributed by atoms with Crippen LogP contribution in [-0.2, 0) is 4.74 Å². The molecule has 1 saturated heterocycles. The number of benzene rings is 1. The predicted molar refractivity (Wildman–Crippen MR) is 58.7 cm³/mol. The number of anilines is 1. The van der Waals surface area contributed by atoms with Crippen LogP contribution in [-0.4, -0.2) is 13.2 Å². The van der Waals surface area contributed by atoms with Crippen LogP contribution >= 0.6 is 11.6 Å². The lowest BCUT2D eigenvalue weighted by molar-refractivity contribution is 0.0855. The molecule has 3 heteroatoms. The highest BCUT2D eigenvalue weighted by Crippen LogP contribution is 2.35. The molecular formula is C11H14ClNO. The molecule has 2 rings (SSSR count). The van der Waals surface area contributed by atoms with E-state index in [1.165, 1.54) is 0 Å². The number of hydrogen-bond acceptors (Lipinski definition) is 2. The summed E-state index contributed by atoms with van der Waals surface area (Å²) in [4.78, 5) is 0. The van der Waals surface area contributed by atoms with Crippen molar-refractivity contribution in [3.8, 4) is 0 Å². The number of nitrogen functional groups attached to an aromatic ring is 1. The van der Waals surface area contributed by atoms with Crippen LogP contribution < -0.4 is 5.73 Å². The van der Waals surface area contributed by atoms with Crippen molar-refractivity contribution in [3.63, 3.8) is 0 Å². The lowest BCUT2D eigenvalue weighted by Crippen LogP contribution is -2.15. The largest absolute Gasteiger partial charge is 0.398 e. The van der Waals surface area contributed by atoms with Gasteiger partial charge in [-0.3, -0.25) is 0 Å². The van der Waals surface area contributed by atoms with Crippen molar-refractivity contribution in [3.05, 3.63) is 28.8 Å². The second kappa shape index (κ2) is 4.20. The van der Waals surface area contributed by atoms with Crippen LogP contribution in [0.25, 0.3) is 0 Å². The molecule has 14 heavy (non-hydrogen) atoms. The molecular weight excluding hydrogens is 198 g/mol. The van der Waals surface area contributed by atoms with Gasteiger partial charge in [-0.1, -0.05) is 17.7 Å². The Hall–Kier alpha value is -0.730. The van der Waals surface area contributed by atoms with Crippen LogP contribution in [0.15, 0.2) is 18.2 Å². The minimum Gasteiger partial charge on any atom is -0.398 e. The van der Waals surface area contributed by atoms with E-state index in [4.69, 9.17) is 22.1 Å². The van der Waals surface area contributed by atoms with E-state index in [1.807, 2.05) is 18.2 Å². The maximum absolute atomic E-state index is 6.14. The Balaban J connectivity index is 2.29. The molecule has 0 saturated carbocycles. The molecule has 2 nitrogen and oxygen atoms in total. The monoisotopic (exact) mass is 211 g/mol.